The van der Waals surface area contributed by atoms with Crippen LogP contribution in [-0.4, -0.2) is 52.6 Å². The minimum Gasteiger partial charge on any atom is -0.368 e. The topological polar surface area (TPSA) is 88.1 Å². The second kappa shape index (κ2) is 8.05. The Morgan fingerprint density at radius 3 is 2.80 bits per heavy atom. The van der Waals surface area contributed by atoms with Crippen molar-refractivity contribution in [2.45, 2.75) is 45.1 Å². The molecule has 0 aliphatic heterocycles. The van der Waals surface area contributed by atoms with Gasteiger partial charge in [0, 0.05) is 31.5 Å². The van der Waals surface area contributed by atoms with Gasteiger partial charge in [0.25, 0.3) is 0 Å². The average Bonchev–Trinajstić information content (AvgIpc) is 2.63. The molecule has 1 N–H and O–H groups in total. The summed E-state index contributed by atoms with van der Waals surface area (Å²) in [5.74, 6) is 0.678. The van der Waals surface area contributed by atoms with E-state index in [0.717, 1.165) is 36.6 Å². The lowest BCUT2D eigenvalue weighted by atomic mass is 9.95. The van der Waals surface area contributed by atoms with Crippen LogP contribution >= 0.6 is 0 Å². The summed E-state index contributed by atoms with van der Waals surface area (Å²) < 4.78 is 27.2. The third kappa shape index (κ3) is 4.24. The van der Waals surface area contributed by atoms with Gasteiger partial charge in [-0.05, 0) is 18.9 Å². The summed E-state index contributed by atoms with van der Waals surface area (Å²) in [6.07, 6.45) is 10.2. The van der Waals surface area contributed by atoms with E-state index < -0.39 is 10.0 Å². The van der Waals surface area contributed by atoms with Crippen molar-refractivity contribution in [1.82, 2.24) is 19.3 Å². The summed E-state index contributed by atoms with van der Waals surface area (Å²) in [5, 5.41) is 3.92. The van der Waals surface area contributed by atoms with Gasteiger partial charge in [-0.25, -0.2) is 18.4 Å². The second-order valence-electron chi connectivity index (χ2n) is 6.35. The van der Waals surface area contributed by atoms with E-state index >= 15 is 0 Å². The maximum Gasteiger partial charge on any atom is 0.216 e. The number of sulfonamides is 1. The number of anilines is 1. The van der Waals surface area contributed by atoms with Crippen LogP contribution in [0.25, 0.3) is 10.9 Å². The molecular formula is C17H25N5O2S. The SMILES string of the molecule is CCN(C1CCCCC1)S(=O)(=O)CCNc1ncnc2ccncc12. The van der Waals surface area contributed by atoms with Gasteiger partial charge in [0.1, 0.15) is 12.1 Å². The highest BCUT2D eigenvalue weighted by molar-refractivity contribution is 7.89. The Kier molecular flexibility index (Phi) is 5.80. The highest BCUT2D eigenvalue weighted by atomic mass is 32.2. The molecule has 0 aromatic carbocycles. The van der Waals surface area contributed by atoms with Crippen molar-refractivity contribution >= 4 is 26.7 Å². The van der Waals surface area contributed by atoms with Crippen molar-refractivity contribution in [1.29, 1.82) is 0 Å². The van der Waals surface area contributed by atoms with Gasteiger partial charge in [-0.15, -0.1) is 0 Å². The summed E-state index contributed by atoms with van der Waals surface area (Å²) >= 11 is 0. The molecule has 2 aromatic heterocycles. The fourth-order valence-electron chi connectivity index (χ4n) is 3.51. The van der Waals surface area contributed by atoms with Crippen molar-refractivity contribution in [3.05, 3.63) is 24.8 Å². The van der Waals surface area contributed by atoms with E-state index in [1.165, 1.54) is 12.7 Å². The first-order valence-electron chi connectivity index (χ1n) is 8.90. The van der Waals surface area contributed by atoms with Gasteiger partial charge in [0.05, 0.1) is 16.7 Å². The maximum absolute atomic E-state index is 12.8. The number of hydrogen-bond acceptors (Lipinski definition) is 6. The van der Waals surface area contributed by atoms with Crippen LogP contribution in [0.15, 0.2) is 24.8 Å². The van der Waals surface area contributed by atoms with E-state index in [-0.39, 0.29) is 11.8 Å². The van der Waals surface area contributed by atoms with Crippen molar-refractivity contribution < 1.29 is 8.42 Å². The van der Waals surface area contributed by atoms with Crippen molar-refractivity contribution in [2.75, 3.05) is 24.2 Å². The van der Waals surface area contributed by atoms with E-state index in [1.54, 1.807) is 22.8 Å². The van der Waals surface area contributed by atoms with Crippen LogP contribution in [-0.2, 0) is 10.0 Å². The van der Waals surface area contributed by atoms with Crippen LogP contribution < -0.4 is 5.32 Å². The quantitative estimate of drug-likeness (QED) is 0.813. The Labute approximate surface area is 148 Å². The van der Waals surface area contributed by atoms with Gasteiger partial charge in [-0.3, -0.25) is 4.98 Å². The molecule has 25 heavy (non-hydrogen) atoms. The molecule has 1 aliphatic rings. The highest BCUT2D eigenvalue weighted by Crippen LogP contribution is 2.25. The van der Waals surface area contributed by atoms with Gasteiger partial charge < -0.3 is 5.32 Å². The zero-order chi connectivity index (χ0) is 17.7. The van der Waals surface area contributed by atoms with E-state index in [9.17, 15) is 8.42 Å². The Bertz CT molecular complexity index is 800. The third-order valence-electron chi connectivity index (χ3n) is 4.74. The van der Waals surface area contributed by atoms with E-state index in [4.69, 9.17) is 0 Å². The van der Waals surface area contributed by atoms with Crippen molar-refractivity contribution in [2.24, 2.45) is 0 Å². The van der Waals surface area contributed by atoms with Crippen LogP contribution in [0, 0.1) is 0 Å². The first kappa shape index (κ1) is 18.0. The van der Waals surface area contributed by atoms with Crippen LogP contribution in [0.5, 0.6) is 0 Å². The molecule has 0 amide bonds. The molecule has 1 fully saturated rings. The van der Waals surface area contributed by atoms with Crippen LogP contribution in [0.4, 0.5) is 5.82 Å². The summed E-state index contributed by atoms with van der Waals surface area (Å²) in [5.41, 5.74) is 0.785. The summed E-state index contributed by atoms with van der Waals surface area (Å²) in [4.78, 5) is 12.5. The van der Waals surface area contributed by atoms with Crippen LogP contribution in [0.2, 0.25) is 0 Å². The predicted molar refractivity (Wildman–Crippen MR) is 98.9 cm³/mol. The minimum absolute atomic E-state index is 0.0586. The lowest BCUT2D eigenvalue weighted by Crippen LogP contribution is -2.43. The largest absolute Gasteiger partial charge is 0.368 e. The van der Waals surface area contributed by atoms with Crippen LogP contribution in [0.3, 0.4) is 0 Å². The highest BCUT2D eigenvalue weighted by Gasteiger charge is 2.29. The molecule has 3 rings (SSSR count). The van der Waals surface area contributed by atoms with E-state index in [2.05, 4.69) is 20.3 Å². The molecule has 1 aliphatic carbocycles. The van der Waals surface area contributed by atoms with E-state index in [0.29, 0.717) is 18.9 Å². The predicted octanol–water partition coefficient (Wildman–Crippen LogP) is 2.42. The average molecular weight is 363 g/mol. The molecule has 0 spiro atoms. The number of hydrogen-bond donors (Lipinski definition) is 1. The Morgan fingerprint density at radius 1 is 1.24 bits per heavy atom. The molecule has 7 nitrogen and oxygen atoms in total. The molecule has 136 valence electrons. The van der Waals surface area contributed by atoms with Gasteiger partial charge in [0.15, 0.2) is 0 Å². The van der Waals surface area contributed by atoms with Crippen molar-refractivity contribution in [3.63, 3.8) is 0 Å². The monoisotopic (exact) mass is 363 g/mol. The van der Waals surface area contributed by atoms with Crippen LogP contribution in [0.1, 0.15) is 39.0 Å². The molecular weight excluding hydrogens is 338 g/mol. The Morgan fingerprint density at radius 2 is 2.04 bits per heavy atom. The number of nitrogens with one attached hydrogen (secondary N) is 1. The molecule has 2 aromatic rings. The maximum atomic E-state index is 12.8. The Hall–Kier alpha value is -1.80. The zero-order valence-electron chi connectivity index (χ0n) is 14.6. The van der Waals surface area contributed by atoms with Gasteiger partial charge in [-0.2, -0.15) is 4.31 Å². The first-order valence-corrected chi connectivity index (χ1v) is 10.5. The smallest absolute Gasteiger partial charge is 0.216 e. The summed E-state index contributed by atoms with van der Waals surface area (Å²) in [6.45, 7) is 2.77. The fourth-order valence-corrected chi connectivity index (χ4v) is 5.16. The standard InChI is InChI=1S/C17H25N5O2S/c1-2-22(14-6-4-3-5-7-14)25(23,24)11-10-19-17-15-12-18-9-8-16(15)20-13-21-17/h8-9,12-14H,2-7,10-11H2,1H3,(H,19,20,21). The number of pyridine rings is 1. The minimum atomic E-state index is -3.28. The molecule has 1 saturated carbocycles. The lowest BCUT2D eigenvalue weighted by Gasteiger charge is -2.32. The fraction of sp³-hybridized carbons (Fsp3) is 0.588. The second-order valence-corrected chi connectivity index (χ2v) is 8.39. The first-order chi connectivity index (χ1) is 12.1. The number of fused-ring (bicyclic) bond motifs is 1. The van der Waals surface area contributed by atoms with Gasteiger partial charge in [-0.1, -0.05) is 26.2 Å². The third-order valence-corrected chi connectivity index (χ3v) is 6.73. The number of nitrogens with zero attached hydrogens (tertiary/aromatic N) is 4. The lowest BCUT2D eigenvalue weighted by molar-refractivity contribution is 0.261. The normalized spacial score (nSPS) is 16.4. The Balaban J connectivity index is 1.65. The molecule has 0 unspecified atom stereocenters. The molecule has 0 atom stereocenters. The molecule has 0 saturated heterocycles. The number of rotatable bonds is 7. The number of aromatic nitrogens is 3. The molecule has 0 radical (unpaired) electrons. The van der Waals surface area contributed by atoms with Gasteiger partial charge >= 0.3 is 0 Å². The molecule has 8 heteroatoms. The molecule has 2 heterocycles. The zero-order valence-corrected chi connectivity index (χ0v) is 15.4. The van der Waals surface area contributed by atoms with Gasteiger partial charge in [0.2, 0.25) is 10.0 Å². The summed E-state index contributed by atoms with van der Waals surface area (Å²) in [7, 11) is -3.28. The van der Waals surface area contributed by atoms with Crippen molar-refractivity contribution in [3.8, 4) is 0 Å². The molecule has 0 bridgehead atoms. The van der Waals surface area contributed by atoms with E-state index in [1.807, 2.05) is 6.92 Å². The summed E-state index contributed by atoms with van der Waals surface area (Å²) in [6, 6.07) is 1.97.